The lowest BCUT2D eigenvalue weighted by molar-refractivity contribution is -0.137. The third-order valence-corrected chi connectivity index (χ3v) is 4.28. The van der Waals surface area contributed by atoms with Gasteiger partial charge in [0.05, 0.1) is 12.2 Å². The number of carbonyl (C=O) groups excluding carboxylic acids is 1. The summed E-state index contributed by atoms with van der Waals surface area (Å²) in [4.78, 5) is 27.6. The van der Waals surface area contributed by atoms with Crippen molar-refractivity contribution in [2.45, 2.75) is 19.8 Å². The van der Waals surface area contributed by atoms with E-state index in [0.29, 0.717) is 33.3 Å². The summed E-state index contributed by atoms with van der Waals surface area (Å²) in [5.41, 5.74) is 2.51. The number of fused-ring (bicyclic) bond motifs is 1. The molecule has 3 aromatic rings. The Labute approximate surface area is 150 Å². The van der Waals surface area contributed by atoms with Crippen molar-refractivity contribution in [1.82, 2.24) is 4.98 Å². The molecule has 1 aromatic heterocycles. The molecule has 3 rings (SSSR count). The lowest BCUT2D eigenvalue weighted by Crippen LogP contribution is -2.14. The van der Waals surface area contributed by atoms with Crippen molar-refractivity contribution < 1.29 is 24.5 Å². The van der Waals surface area contributed by atoms with E-state index in [4.69, 9.17) is 4.74 Å². The minimum atomic E-state index is -1.07. The Balaban J connectivity index is 2.29. The Morgan fingerprint density at radius 2 is 1.92 bits per heavy atom. The molecule has 0 aliphatic carbocycles. The minimum Gasteiger partial charge on any atom is -0.508 e. The Kier molecular flexibility index (Phi) is 4.67. The van der Waals surface area contributed by atoms with E-state index in [1.165, 1.54) is 12.1 Å². The van der Waals surface area contributed by atoms with Crippen LogP contribution in [0.5, 0.6) is 5.75 Å². The molecule has 1 unspecified atom stereocenters. The molecule has 3 N–H and O–H groups in total. The van der Waals surface area contributed by atoms with Crippen molar-refractivity contribution in [3.8, 4) is 5.75 Å². The normalized spacial score (nSPS) is 12.1. The highest BCUT2D eigenvalue weighted by molar-refractivity contribution is 6.08. The molecule has 26 heavy (non-hydrogen) atoms. The molecular formula is C20H19NO5. The summed E-state index contributed by atoms with van der Waals surface area (Å²) < 4.78 is 5.15. The number of carboxylic acids is 1. The van der Waals surface area contributed by atoms with Crippen LogP contribution in [0.25, 0.3) is 10.9 Å². The zero-order valence-corrected chi connectivity index (χ0v) is 14.4. The quantitative estimate of drug-likeness (QED) is 0.609. The molecule has 0 amide bonds. The number of hydrogen-bond donors (Lipinski definition) is 3. The molecule has 6 heteroatoms. The number of carbonyl (C=O) groups is 2. The number of rotatable bonds is 5. The first-order chi connectivity index (χ1) is 12.4. The van der Waals surface area contributed by atoms with E-state index >= 15 is 0 Å². The molecule has 6 nitrogen and oxygen atoms in total. The molecule has 0 aliphatic rings. The molecule has 0 radical (unpaired) electrons. The summed E-state index contributed by atoms with van der Waals surface area (Å²) in [6.45, 7) is 3.69. The summed E-state index contributed by atoms with van der Waals surface area (Å²) >= 11 is 0. The molecule has 0 fully saturated rings. The van der Waals surface area contributed by atoms with E-state index in [-0.39, 0.29) is 12.4 Å². The number of phenolic OH excluding ortho intramolecular Hbond substituents is 1. The molecule has 0 bridgehead atoms. The first-order valence-electron chi connectivity index (χ1n) is 8.24. The topological polar surface area (TPSA) is 99.6 Å². The molecule has 1 heterocycles. The van der Waals surface area contributed by atoms with Crippen molar-refractivity contribution in [2.24, 2.45) is 0 Å². The SMILES string of the molecule is CCOC(=O)c1c(C)[nH]c2cccc(C(C(=O)O)c3cccc(O)c3)c12. The molecular weight excluding hydrogens is 334 g/mol. The Bertz CT molecular complexity index is 989. The van der Waals surface area contributed by atoms with E-state index in [1.807, 2.05) is 0 Å². The Morgan fingerprint density at radius 3 is 2.58 bits per heavy atom. The molecule has 134 valence electrons. The van der Waals surface area contributed by atoms with Gasteiger partial charge in [0, 0.05) is 16.6 Å². The van der Waals surface area contributed by atoms with Gasteiger partial charge in [-0.25, -0.2) is 4.79 Å². The van der Waals surface area contributed by atoms with Gasteiger partial charge in [0.25, 0.3) is 0 Å². The van der Waals surface area contributed by atoms with Crippen LogP contribution in [0.4, 0.5) is 0 Å². The van der Waals surface area contributed by atoms with Gasteiger partial charge in [-0.3, -0.25) is 4.79 Å². The molecule has 1 atom stereocenters. The summed E-state index contributed by atoms with van der Waals surface area (Å²) in [6.07, 6.45) is 0. The standard InChI is InChI=1S/C20H19NO5/c1-3-26-20(25)16-11(2)21-15-9-5-8-14(18(15)16)17(19(23)24)12-6-4-7-13(22)10-12/h4-10,17,21-22H,3H2,1-2H3,(H,23,24). The highest BCUT2D eigenvalue weighted by Gasteiger charge is 2.28. The van der Waals surface area contributed by atoms with Gasteiger partial charge in [-0.05, 0) is 43.2 Å². The number of aromatic amines is 1. The Morgan fingerprint density at radius 1 is 1.19 bits per heavy atom. The number of benzene rings is 2. The second-order valence-electron chi connectivity index (χ2n) is 5.98. The molecule has 0 aliphatic heterocycles. The van der Waals surface area contributed by atoms with E-state index in [1.54, 1.807) is 44.2 Å². The van der Waals surface area contributed by atoms with E-state index in [2.05, 4.69) is 4.98 Å². The zero-order chi connectivity index (χ0) is 18.8. The summed E-state index contributed by atoms with van der Waals surface area (Å²) in [7, 11) is 0. The van der Waals surface area contributed by atoms with Crippen LogP contribution < -0.4 is 0 Å². The average Bonchev–Trinajstić information content (AvgIpc) is 2.92. The van der Waals surface area contributed by atoms with Crippen molar-refractivity contribution in [3.63, 3.8) is 0 Å². The molecule has 0 spiro atoms. The van der Waals surface area contributed by atoms with Crippen LogP contribution in [-0.4, -0.2) is 33.7 Å². The summed E-state index contributed by atoms with van der Waals surface area (Å²) in [6, 6.07) is 11.3. The second-order valence-corrected chi connectivity index (χ2v) is 5.98. The highest BCUT2D eigenvalue weighted by atomic mass is 16.5. The number of aliphatic carboxylic acids is 1. The number of H-pyrrole nitrogens is 1. The number of aryl methyl sites for hydroxylation is 1. The van der Waals surface area contributed by atoms with Gasteiger partial charge < -0.3 is 19.9 Å². The number of ether oxygens (including phenoxy) is 1. The molecule has 0 saturated heterocycles. The lowest BCUT2D eigenvalue weighted by Gasteiger charge is -2.16. The fraction of sp³-hybridized carbons (Fsp3) is 0.200. The predicted molar refractivity (Wildman–Crippen MR) is 96.6 cm³/mol. The maximum atomic E-state index is 12.4. The predicted octanol–water partition coefficient (Wildman–Crippen LogP) is 3.58. The van der Waals surface area contributed by atoms with Gasteiger partial charge in [0.1, 0.15) is 11.7 Å². The fourth-order valence-corrected chi connectivity index (χ4v) is 3.26. The third kappa shape index (κ3) is 3.01. The van der Waals surface area contributed by atoms with E-state index in [0.717, 1.165) is 0 Å². The second kappa shape index (κ2) is 6.92. The van der Waals surface area contributed by atoms with Crippen molar-refractivity contribution in [3.05, 3.63) is 64.8 Å². The highest BCUT2D eigenvalue weighted by Crippen LogP contribution is 2.35. The molecule has 0 saturated carbocycles. The van der Waals surface area contributed by atoms with Crippen LogP contribution in [0.3, 0.4) is 0 Å². The van der Waals surface area contributed by atoms with Gasteiger partial charge in [-0.1, -0.05) is 24.3 Å². The number of carboxylic acid groups (broad SMARTS) is 1. The van der Waals surface area contributed by atoms with Crippen LogP contribution in [-0.2, 0) is 9.53 Å². The zero-order valence-electron chi connectivity index (χ0n) is 14.4. The Hall–Kier alpha value is -3.28. The lowest BCUT2D eigenvalue weighted by atomic mass is 9.88. The van der Waals surface area contributed by atoms with Gasteiger partial charge in [-0.2, -0.15) is 0 Å². The van der Waals surface area contributed by atoms with Crippen LogP contribution in [0.15, 0.2) is 42.5 Å². The van der Waals surface area contributed by atoms with Gasteiger partial charge in [0.15, 0.2) is 0 Å². The minimum absolute atomic E-state index is 0.0169. The summed E-state index contributed by atoms with van der Waals surface area (Å²) in [5.74, 6) is -2.62. The fourth-order valence-electron chi connectivity index (χ4n) is 3.26. The number of nitrogens with one attached hydrogen (secondary N) is 1. The number of phenols is 1. The van der Waals surface area contributed by atoms with Gasteiger partial charge in [-0.15, -0.1) is 0 Å². The smallest absolute Gasteiger partial charge is 0.340 e. The van der Waals surface area contributed by atoms with Gasteiger partial charge >= 0.3 is 11.9 Å². The third-order valence-electron chi connectivity index (χ3n) is 4.28. The van der Waals surface area contributed by atoms with Crippen LogP contribution in [0.1, 0.15) is 40.0 Å². The molecule has 2 aromatic carbocycles. The monoisotopic (exact) mass is 353 g/mol. The average molecular weight is 353 g/mol. The first-order valence-corrected chi connectivity index (χ1v) is 8.24. The van der Waals surface area contributed by atoms with E-state index in [9.17, 15) is 19.8 Å². The maximum Gasteiger partial charge on any atom is 0.340 e. The van der Waals surface area contributed by atoms with Crippen LogP contribution in [0, 0.1) is 6.92 Å². The maximum absolute atomic E-state index is 12.4. The van der Waals surface area contributed by atoms with Gasteiger partial charge in [0.2, 0.25) is 0 Å². The van der Waals surface area contributed by atoms with E-state index < -0.39 is 17.9 Å². The number of esters is 1. The largest absolute Gasteiger partial charge is 0.508 e. The first kappa shape index (κ1) is 17.5. The van der Waals surface area contributed by atoms with Crippen LogP contribution >= 0.6 is 0 Å². The summed E-state index contributed by atoms with van der Waals surface area (Å²) in [5, 5.41) is 20.1. The van der Waals surface area contributed by atoms with Crippen LogP contribution in [0.2, 0.25) is 0 Å². The van der Waals surface area contributed by atoms with Crippen molar-refractivity contribution >= 4 is 22.8 Å². The number of aromatic nitrogens is 1. The van der Waals surface area contributed by atoms with Crippen molar-refractivity contribution in [1.29, 1.82) is 0 Å². The number of aromatic hydroxyl groups is 1. The number of hydrogen-bond acceptors (Lipinski definition) is 4. The van der Waals surface area contributed by atoms with Crippen molar-refractivity contribution in [2.75, 3.05) is 6.61 Å².